The lowest BCUT2D eigenvalue weighted by Crippen LogP contribution is -2.15. The molecule has 0 spiro atoms. The smallest absolute Gasteiger partial charge is 0.387 e. The lowest BCUT2D eigenvalue weighted by Gasteiger charge is -2.10. The van der Waals surface area contributed by atoms with Crippen LogP contribution in [0.1, 0.15) is 16.1 Å². The monoisotopic (exact) mass is 281 g/mol. The van der Waals surface area contributed by atoms with E-state index in [0.29, 0.717) is 11.4 Å². The first-order chi connectivity index (χ1) is 9.47. The van der Waals surface area contributed by atoms with Gasteiger partial charge in [0.05, 0.1) is 16.9 Å². The summed E-state index contributed by atoms with van der Waals surface area (Å²) in [6, 6.07) is 5.82. The van der Waals surface area contributed by atoms with Crippen LogP contribution in [-0.4, -0.2) is 22.3 Å². The quantitative estimate of drug-likeness (QED) is 0.937. The first kappa shape index (κ1) is 14.0. The lowest BCUT2D eigenvalue weighted by molar-refractivity contribution is -0.0501. The third kappa shape index (κ3) is 3.11. The number of ether oxygens (including phenoxy) is 1. The Morgan fingerprint density at radius 3 is 2.70 bits per heavy atom. The molecule has 0 unspecified atom stereocenters. The zero-order valence-corrected chi connectivity index (χ0v) is 10.9. The summed E-state index contributed by atoms with van der Waals surface area (Å²) in [6.45, 7) is -1.25. The molecule has 0 aliphatic carbocycles. The molecule has 1 aromatic heterocycles. The average molecular weight is 281 g/mol. The van der Waals surface area contributed by atoms with Gasteiger partial charge in [0.2, 0.25) is 0 Å². The predicted molar refractivity (Wildman–Crippen MR) is 69.0 cm³/mol. The maximum absolute atomic E-state index is 12.3. The number of para-hydroxylation sites is 1. The number of halogens is 2. The van der Waals surface area contributed by atoms with E-state index in [0.717, 1.165) is 0 Å². The van der Waals surface area contributed by atoms with Crippen LogP contribution in [0.2, 0.25) is 0 Å². The van der Waals surface area contributed by atoms with Crippen LogP contribution in [0.15, 0.2) is 30.5 Å². The third-order valence-electron chi connectivity index (χ3n) is 2.61. The Bertz CT molecular complexity index is 626. The molecule has 5 nitrogen and oxygen atoms in total. The molecule has 1 N–H and O–H groups in total. The first-order valence-electron chi connectivity index (χ1n) is 5.83. The second-order valence-corrected chi connectivity index (χ2v) is 4.13. The van der Waals surface area contributed by atoms with Crippen LogP contribution < -0.4 is 10.1 Å². The number of hydrogen-bond acceptors (Lipinski definition) is 3. The Balaban J connectivity index is 2.23. The van der Waals surface area contributed by atoms with Gasteiger partial charge in [-0.05, 0) is 19.1 Å². The normalized spacial score (nSPS) is 10.7. The molecule has 2 rings (SSSR count). The van der Waals surface area contributed by atoms with Gasteiger partial charge in [0.15, 0.2) is 0 Å². The minimum Gasteiger partial charge on any atom is -0.434 e. The van der Waals surface area contributed by atoms with Crippen molar-refractivity contribution in [1.29, 1.82) is 0 Å². The van der Waals surface area contributed by atoms with E-state index < -0.39 is 12.5 Å². The van der Waals surface area contributed by atoms with Crippen LogP contribution in [0.5, 0.6) is 5.75 Å². The summed E-state index contributed by atoms with van der Waals surface area (Å²) >= 11 is 0. The number of nitrogens with zero attached hydrogens (tertiary/aromatic N) is 2. The van der Waals surface area contributed by atoms with Gasteiger partial charge in [0.1, 0.15) is 5.75 Å². The SMILES string of the molecule is Cc1nn(C)cc1NC(=O)c1ccccc1OC(F)F. The molecule has 0 saturated carbocycles. The molecule has 0 aliphatic heterocycles. The van der Waals surface area contributed by atoms with Gasteiger partial charge in [-0.25, -0.2) is 0 Å². The van der Waals surface area contributed by atoms with Gasteiger partial charge in [-0.2, -0.15) is 13.9 Å². The standard InChI is InChI=1S/C13H13F2N3O2/c1-8-10(7-18(2)17-8)16-12(19)9-5-3-4-6-11(9)20-13(14)15/h3-7,13H,1-2H3,(H,16,19). The van der Waals surface area contributed by atoms with Crippen LogP contribution in [0.25, 0.3) is 0 Å². The van der Waals surface area contributed by atoms with Crippen LogP contribution >= 0.6 is 0 Å². The van der Waals surface area contributed by atoms with Gasteiger partial charge in [-0.3, -0.25) is 9.48 Å². The number of hydrogen-bond donors (Lipinski definition) is 1. The van der Waals surface area contributed by atoms with Crippen LogP contribution in [0.4, 0.5) is 14.5 Å². The molecule has 0 fully saturated rings. The molecule has 20 heavy (non-hydrogen) atoms. The minimum absolute atomic E-state index is 0.0380. The summed E-state index contributed by atoms with van der Waals surface area (Å²) in [5, 5.41) is 6.69. The summed E-state index contributed by atoms with van der Waals surface area (Å²) in [5.41, 5.74) is 1.19. The Morgan fingerprint density at radius 1 is 1.40 bits per heavy atom. The second-order valence-electron chi connectivity index (χ2n) is 4.13. The van der Waals surface area contributed by atoms with Crippen molar-refractivity contribution >= 4 is 11.6 Å². The maximum atomic E-state index is 12.3. The van der Waals surface area contributed by atoms with Crippen molar-refractivity contribution in [2.24, 2.45) is 7.05 Å². The van der Waals surface area contributed by atoms with Crippen LogP contribution in [-0.2, 0) is 7.05 Å². The van der Waals surface area contributed by atoms with Gasteiger partial charge in [-0.1, -0.05) is 12.1 Å². The van der Waals surface area contributed by atoms with Crippen LogP contribution in [0, 0.1) is 6.92 Å². The highest BCUT2D eigenvalue weighted by Crippen LogP contribution is 2.22. The second kappa shape index (κ2) is 5.68. The number of aryl methyl sites for hydroxylation is 2. The molecule has 0 radical (unpaired) electrons. The molecule has 0 aliphatic rings. The van der Waals surface area contributed by atoms with E-state index in [1.54, 1.807) is 30.9 Å². The van der Waals surface area contributed by atoms with E-state index in [-0.39, 0.29) is 11.3 Å². The fourth-order valence-electron chi connectivity index (χ4n) is 1.76. The van der Waals surface area contributed by atoms with Gasteiger partial charge in [0.25, 0.3) is 5.91 Å². The number of aromatic nitrogens is 2. The van der Waals surface area contributed by atoms with Crippen molar-refractivity contribution < 1.29 is 18.3 Å². The highest BCUT2D eigenvalue weighted by atomic mass is 19.3. The number of nitrogens with one attached hydrogen (secondary N) is 1. The van der Waals surface area contributed by atoms with Crippen molar-refractivity contribution in [3.63, 3.8) is 0 Å². The number of carbonyl (C=O) groups excluding carboxylic acids is 1. The number of amides is 1. The minimum atomic E-state index is -2.98. The molecule has 7 heteroatoms. The molecular weight excluding hydrogens is 268 g/mol. The highest BCUT2D eigenvalue weighted by molar-refractivity contribution is 6.06. The number of alkyl halides is 2. The molecule has 106 valence electrons. The van der Waals surface area contributed by atoms with E-state index in [4.69, 9.17) is 0 Å². The molecular formula is C13H13F2N3O2. The highest BCUT2D eigenvalue weighted by Gasteiger charge is 2.16. The third-order valence-corrected chi connectivity index (χ3v) is 2.61. The number of rotatable bonds is 4. The van der Waals surface area contributed by atoms with Gasteiger partial charge < -0.3 is 10.1 Å². The summed E-state index contributed by atoms with van der Waals surface area (Å²) in [4.78, 5) is 12.1. The van der Waals surface area contributed by atoms with E-state index in [9.17, 15) is 13.6 Å². The Labute approximate surface area is 114 Å². The summed E-state index contributed by atoms with van der Waals surface area (Å²) in [7, 11) is 1.72. The van der Waals surface area contributed by atoms with Crippen molar-refractivity contribution in [2.45, 2.75) is 13.5 Å². The number of anilines is 1. The lowest BCUT2D eigenvalue weighted by atomic mass is 10.2. The van der Waals surface area contributed by atoms with Crippen molar-refractivity contribution in [3.05, 3.63) is 41.7 Å². The van der Waals surface area contributed by atoms with E-state index in [1.807, 2.05) is 0 Å². The van der Waals surface area contributed by atoms with E-state index >= 15 is 0 Å². The molecule has 1 aromatic carbocycles. The van der Waals surface area contributed by atoms with E-state index in [2.05, 4.69) is 15.2 Å². The molecule has 1 amide bonds. The zero-order chi connectivity index (χ0) is 14.7. The summed E-state index contributed by atoms with van der Waals surface area (Å²) < 4.78 is 30.5. The molecule has 0 saturated heterocycles. The summed E-state index contributed by atoms with van der Waals surface area (Å²) in [6.07, 6.45) is 1.63. The predicted octanol–water partition coefficient (Wildman–Crippen LogP) is 2.58. The van der Waals surface area contributed by atoms with E-state index in [1.165, 1.54) is 18.2 Å². The van der Waals surface area contributed by atoms with Gasteiger partial charge >= 0.3 is 6.61 Å². The largest absolute Gasteiger partial charge is 0.434 e. The fraction of sp³-hybridized carbons (Fsp3) is 0.231. The fourth-order valence-corrected chi connectivity index (χ4v) is 1.76. The molecule has 0 bridgehead atoms. The Morgan fingerprint density at radius 2 is 2.10 bits per heavy atom. The topological polar surface area (TPSA) is 56.2 Å². The van der Waals surface area contributed by atoms with Crippen LogP contribution in [0.3, 0.4) is 0 Å². The number of carbonyl (C=O) groups is 1. The maximum Gasteiger partial charge on any atom is 0.387 e. The summed E-state index contributed by atoms with van der Waals surface area (Å²) in [5.74, 6) is -0.695. The Kier molecular flexibility index (Phi) is 3.97. The average Bonchev–Trinajstić information content (AvgIpc) is 2.67. The van der Waals surface area contributed by atoms with Crippen molar-refractivity contribution in [2.75, 3.05) is 5.32 Å². The zero-order valence-electron chi connectivity index (χ0n) is 10.9. The molecule has 1 heterocycles. The molecule has 2 aromatic rings. The van der Waals surface area contributed by atoms with Crippen molar-refractivity contribution in [1.82, 2.24) is 9.78 Å². The van der Waals surface area contributed by atoms with Gasteiger partial charge in [-0.15, -0.1) is 0 Å². The first-order valence-corrected chi connectivity index (χ1v) is 5.83. The number of benzene rings is 1. The van der Waals surface area contributed by atoms with Crippen molar-refractivity contribution in [3.8, 4) is 5.75 Å². The van der Waals surface area contributed by atoms with Gasteiger partial charge in [0, 0.05) is 13.2 Å². The molecule has 0 atom stereocenters. The Hall–Kier alpha value is -2.44.